The van der Waals surface area contributed by atoms with Gasteiger partial charge in [0.25, 0.3) is 0 Å². The molecule has 0 atom stereocenters. The summed E-state index contributed by atoms with van der Waals surface area (Å²) < 4.78 is 16.2. The van der Waals surface area contributed by atoms with Crippen molar-refractivity contribution in [2.24, 2.45) is 0 Å². The van der Waals surface area contributed by atoms with Crippen LogP contribution < -0.4 is 10.2 Å². The van der Waals surface area contributed by atoms with E-state index >= 15 is 0 Å². The third kappa shape index (κ3) is 3.67. The van der Waals surface area contributed by atoms with Gasteiger partial charge in [0.15, 0.2) is 5.43 Å². The quantitative estimate of drug-likeness (QED) is 0.471. The molecule has 3 rings (SSSR count). The Morgan fingerprint density at radius 2 is 2.00 bits per heavy atom. The van der Waals surface area contributed by atoms with E-state index in [-0.39, 0.29) is 16.8 Å². The predicted molar refractivity (Wildman–Crippen MR) is 99.8 cm³/mol. The van der Waals surface area contributed by atoms with E-state index in [0.717, 1.165) is 11.3 Å². The summed E-state index contributed by atoms with van der Waals surface area (Å²) >= 11 is 0. The minimum Gasteiger partial charge on any atom is -0.497 e. The maximum absolute atomic E-state index is 12.5. The molecule has 2 aromatic rings. The molecule has 1 aliphatic rings. The summed E-state index contributed by atoms with van der Waals surface area (Å²) in [7, 11) is 1.61. The summed E-state index contributed by atoms with van der Waals surface area (Å²) in [4.78, 5) is 24.1. The second-order valence-corrected chi connectivity index (χ2v) is 5.84. The van der Waals surface area contributed by atoms with Gasteiger partial charge in [0.05, 0.1) is 12.5 Å². The topological polar surface area (TPSA) is 65.7 Å². The van der Waals surface area contributed by atoms with E-state index in [4.69, 9.17) is 13.9 Å². The highest BCUT2D eigenvalue weighted by atomic mass is 16.5. The summed E-state index contributed by atoms with van der Waals surface area (Å²) in [5, 5.41) is 0.342. The van der Waals surface area contributed by atoms with Crippen LogP contribution in [-0.4, -0.2) is 13.1 Å². The third-order valence-corrected chi connectivity index (χ3v) is 3.86. The molecule has 1 aromatic heterocycles. The third-order valence-electron chi connectivity index (χ3n) is 3.86. The molecular formula is C21H18O5. The summed E-state index contributed by atoms with van der Waals surface area (Å²) in [6.45, 7) is 5.09. The summed E-state index contributed by atoms with van der Waals surface area (Å²) in [5.41, 5.74) is 1.28. The van der Waals surface area contributed by atoms with Gasteiger partial charge in [0, 0.05) is 17.2 Å². The number of fused-ring (bicyclic) bond motifs is 1. The molecule has 0 amide bonds. The molecule has 1 aromatic carbocycles. The van der Waals surface area contributed by atoms with Crippen LogP contribution >= 0.6 is 0 Å². The number of hydrogen-bond donors (Lipinski definition) is 0. The lowest BCUT2D eigenvalue weighted by molar-refractivity contribution is -0.130. The molecule has 0 saturated carbocycles. The predicted octanol–water partition coefficient (Wildman–Crippen LogP) is 4.15. The van der Waals surface area contributed by atoms with Gasteiger partial charge in [-0.05, 0) is 49.8 Å². The average Bonchev–Trinajstić information content (AvgIpc) is 2.87. The molecule has 1 heterocycles. The molecule has 0 unspecified atom stereocenters. The molecule has 5 nitrogen and oxygen atoms in total. The van der Waals surface area contributed by atoms with Crippen LogP contribution in [-0.2, 0) is 9.53 Å². The van der Waals surface area contributed by atoms with Crippen molar-refractivity contribution in [1.82, 2.24) is 0 Å². The van der Waals surface area contributed by atoms with Gasteiger partial charge >= 0.3 is 5.97 Å². The molecule has 0 saturated heterocycles. The maximum atomic E-state index is 12.5. The van der Waals surface area contributed by atoms with Gasteiger partial charge in [-0.3, -0.25) is 4.79 Å². The van der Waals surface area contributed by atoms with Crippen molar-refractivity contribution in [1.29, 1.82) is 0 Å². The van der Waals surface area contributed by atoms with Crippen LogP contribution in [0.4, 0.5) is 0 Å². The van der Waals surface area contributed by atoms with Crippen molar-refractivity contribution in [3.05, 3.63) is 82.5 Å². The minimum atomic E-state index is -0.541. The summed E-state index contributed by atoms with van der Waals surface area (Å²) in [6.07, 6.45) is 8.22. The van der Waals surface area contributed by atoms with Crippen LogP contribution in [0.3, 0.4) is 0 Å². The van der Waals surface area contributed by atoms with Crippen molar-refractivity contribution in [3.63, 3.8) is 0 Å². The summed E-state index contributed by atoms with van der Waals surface area (Å²) in [6, 6.07) is 6.12. The molecular weight excluding hydrogens is 332 g/mol. The highest BCUT2D eigenvalue weighted by Gasteiger charge is 2.12. The van der Waals surface area contributed by atoms with Crippen molar-refractivity contribution in [3.8, 4) is 5.75 Å². The van der Waals surface area contributed by atoms with E-state index in [1.807, 2.05) is 24.3 Å². The first-order valence-electron chi connectivity index (χ1n) is 8.06. The zero-order valence-electron chi connectivity index (χ0n) is 14.6. The highest BCUT2D eigenvalue weighted by molar-refractivity contribution is 5.89. The molecule has 0 radical (unpaired) electrons. The zero-order chi connectivity index (χ0) is 18.7. The Kier molecular flexibility index (Phi) is 4.89. The van der Waals surface area contributed by atoms with Crippen LogP contribution in [0.15, 0.2) is 75.7 Å². The normalized spacial score (nSPS) is 13.6. The van der Waals surface area contributed by atoms with Gasteiger partial charge in [-0.15, -0.1) is 0 Å². The van der Waals surface area contributed by atoms with Gasteiger partial charge in [0.2, 0.25) is 0 Å². The molecule has 0 aliphatic heterocycles. The van der Waals surface area contributed by atoms with E-state index < -0.39 is 5.97 Å². The second-order valence-electron chi connectivity index (χ2n) is 5.84. The van der Waals surface area contributed by atoms with Gasteiger partial charge < -0.3 is 13.9 Å². The highest BCUT2D eigenvalue weighted by Crippen LogP contribution is 2.25. The number of esters is 1. The van der Waals surface area contributed by atoms with Crippen LogP contribution in [0, 0.1) is 0 Å². The smallest absolute Gasteiger partial charge is 0.338 e. The first-order chi connectivity index (χ1) is 12.5. The fraction of sp³-hybridized carbons (Fsp3) is 0.143. The number of carbonyl (C=O) groups excluding carboxylic acids is 1. The maximum Gasteiger partial charge on any atom is 0.338 e. The largest absolute Gasteiger partial charge is 0.497 e. The lowest BCUT2D eigenvalue weighted by Crippen LogP contribution is -2.09. The zero-order valence-corrected chi connectivity index (χ0v) is 14.6. The van der Waals surface area contributed by atoms with Crippen LogP contribution in [0.1, 0.15) is 19.1 Å². The summed E-state index contributed by atoms with van der Waals surface area (Å²) in [5.74, 6) is 0.952. The van der Waals surface area contributed by atoms with E-state index in [2.05, 4.69) is 6.58 Å². The average molecular weight is 350 g/mol. The first kappa shape index (κ1) is 17.5. The van der Waals surface area contributed by atoms with Crippen LogP contribution in [0.2, 0.25) is 0 Å². The first-order valence-corrected chi connectivity index (χ1v) is 8.06. The molecule has 5 heteroatoms. The number of methoxy groups -OCH3 is 1. The fourth-order valence-corrected chi connectivity index (χ4v) is 2.48. The van der Waals surface area contributed by atoms with Gasteiger partial charge in [-0.2, -0.15) is 0 Å². The van der Waals surface area contributed by atoms with Gasteiger partial charge in [-0.1, -0.05) is 12.7 Å². The second kappa shape index (κ2) is 7.27. The van der Waals surface area contributed by atoms with Crippen molar-refractivity contribution in [2.75, 3.05) is 7.11 Å². The Bertz CT molecular complexity index is 1030. The molecule has 0 bridgehead atoms. The lowest BCUT2D eigenvalue weighted by Gasteiger charge is -2.06. The van der Waals surface area contributed by atoms with E-state index in [0.29, 0.717) is 23.2 Å². The Hall–Kier alpha value is -3.34. The SMILES string of the molecule is C=C(C)C(=O)Oc1ccc2oc(C3=CCC=C(OC)C=C3)cc(=O)c2c1. The van der Waals surface area contributed by atoms with Crippen LogP contribution in [0.5, 0.6) is 5.75 Å². The van der Waals surface area contributed by atoms with Gasteiger partial charge in [-0.25, -0.2) is 4.79 Å². The molecule has 0 spiro atoms. The van der Waals surface area contributed by atoms with Crippen molar-refractivity contribution < 1.29 is 18.7 Å². The van der Waals surface area contributed by atoms with Crippen LogP contribution in [0.25, 0.3) is 16.5 Å². The van der Waals surface area contributed by atoms with E-state index in [1.54, 1.807) is 26.2 Å². The van der Waals surface area contributed by atoms with E-state index in [9.17, 15) is 9.59 Å². The fourth-order valence-electron chi connectivity index (χ4n) is 2.48. The number of ether oxygens (including phenoxy) is 2. The number of allylic oxidation sites excluding steroid dienone is 5. The van der Waals surface area contributed by atoms with E-state index in [1.165, 1.54) is 12.1 Å². The number of hydrogen-bond acceptors (Lipinski definition) is 5. The number of benzene rings is 1. The van der Waals surface area contributed by atoms with Crippen molar-refractivity contribution in [2.45, 2.75) is 13.3 Å². The van der Waals surface area contributed by atoms with Gasteiger partial charge in [0.1, 0.15) is 22.9 Å². The monoisotopic (exact) mass is 350 g/mol. The minimum absolute atomic E-state index is 0.215. The molecule has 0 fully saturated rings. The molecule has 26 heavy (non-hydrogen) atoms. The Balaban J connectivity index is 1.97. The Morgan fingerprint density at radius 1 is 1.19 bits per heavy atom. The number of carbonyl (C=O) groups is 1. The Labute approximate surface area is 150 Å². The Morgan fingerprint density at radius 3 is 2.73 bits per heavy atom. The lowest BCUT2D eigenvalue weighted by atomic mass is 10.1. The molecule has 1 aliphatic carbocycles. The molecule has 0 N–H and O–H groups in total. The molecule has 132 valence electrons. The number of rotatable bonds is 4. The standard InChI is InChI=1S/C21H18O5/c1-13(2)21(23)25-16-9-10-19-17(11-16)18(22)12-20(26-19)14-5-4-6-15(24-3)8-7-14/h5-12H,1,4H2,2-3H3. The van der Waals surface area contributed by atoms with Crippen molar-refractivity contribution >= 4 is 22.5 Å².